The highest BCUT2D eigenvalue weighted by molar-refractivity contribution is 14.1. The number of alkyl halides is 2. The van der Waals surface area contributed by atoms with Gasteiger partial charge in [-0.2, -0.15) is 13.9 Å². The van der Waals surface area contributed by atoms with Gasteiger partial charge in [-0.1, -0.05) is 12.1 Å². The van der Waals surface area contributed by atoms with Crippen LogP contribution in [0.25, 0.3) is 0 Å². The fourth-order valence-electron chi connectivity index (χ4n) is 2.04. The van der Waals surface area contributed by atoms with Crippen LogP contribution in [0.2, 0.25) is 0 Å². The minimum absolute atomic E-state index is 0.172. The molecule has 114 valence electrons. The molecule has 1 unspecified atom stereocenters. The number of halogens is 3. The average Bonchev–Trinajstić information content (AvgIpc) is 2.77. The largest absolute Gasteiger partial charge is 0.435 e. The molecule has 1 heterocycles. The highest BCUT2D eigenvalue weighted by Gasteiger charge is 2.11. The van der Waals surface area contributed by atoms with E-state index in [-0.39, 0.29) is 11.8 Å². The lowest BCUT2D eigenvalue weighted by atomic mass is 10.1. The van der Waals surface area contributed by atoms with Crippen LogP contribution in [0.4, 0.5) is 14.6 Å². The predicted octanol–water partition coefficient (Wildman–Crippen LogP) is 3.87. The van der Waals surface area contributed by atoms with Gasteiger partial charge in [0.1, 0.15) is 11.6 Å². The van der Waals surface area contributed by atoms with E-state index in [1.807, 2.05) is 6.92 Å². The molecule has 0 saturated heterocycles. The molecule has 0 radical (unpaired) electrons. The lowest BCUT2D eigenvalue weighted by molar-refractivity contribution is -0.0498. The number of nitrogen functional groups attached to an aromatic ring is 1. The van der Waals surface area contributed by atoms with Gasteiger partial charge >= 0.3 is 6.61 Å². The molecule has 0 fully saturated rings. The molecule has 1 aromatic carbocycles. The monoisotopic (exact) mass is 407 g/mol. The van der Waals surface area contributed by atoms with Crippen LogP contribution in [-0.2, 0) is 6.42 Å². The molecule has 21 heavy (non-hydrogen) atoms. The van der Waals surface area contributed by atoms with Gasteiger partial charge < -0.3 is 10.5 Å². The Morgan fingerprint density at radius 1 is 1.33 bits per heavy atom. The summed E-state index contributed by atoms with van der Waals surface area (Å²) in [6.07, 6.45) is 3.41. The molecule has 0 aliphatic heterocycles. The standard InChI is InChI=1S/C14H16F2IN3O/c1-9(20-13(18)12(17)8-19-20)2-3-10-4-6-11(7-5-10)21-14(15)16/h4-9,14H,2-3,18H2,1H3. The van der Waals surface area contributed by atoms with Crippen molar-refractivity contribution in [2.24, 2.45) is 0 Å². The fourth-order valence-corrected chi connectivity index (χ4v) is 2.41. The summed E-state index contributed by atoms with van der Waals surface area (Å²) in [6.45, 7) is -0.741. The number of benzene rings is 1. The topological polar surface area (TPSA) is 53.1 Å². The van der Waals surface area contributed by atoms with E-state index in [0.717, 1.165) is 22.0 Å². The Morgan fingerprint density at radius 2 is 2.00 bits per heavy atom. The lowest BCUT2D eigenvalue weighted by Crippen LogP contribution is -2.11. The van der Waals surface area contributed by atoms with E-state index >= 15 is 0 Å². The number of rotatable bonds is 6. The van der Waals surface area contributed by atoms with Gasteiger partial charge in [0, 0.05) is 0 Å². The van der Waals surface area contributed by atoms with Gasteiger partial charge in [0.25, 0.3) is 0 Å². The van der Waals surface area contributed by atoms with Crippen molar-refractivity contribution in [3.8, 4) is 5.75 Å². The van der Waals surface area contributed by atoms with Gasteiger partial charge in [0.2, 0.25) is 0 Å². The Bertz CT molecular complexity index is 586. The maximum Gasteiger partial charge on any atom is 0.387 e. The summed E-state index contributed by atoms with van der Waals surface area (Å²) in [5.41, 5.74) is 7.00. The number of nitrogens with zero attached hydrogens (tertiary/aromatic N) is 2. The molecule has 2 aromatic rings. The molecule has 0 amide bonds. The molecule has 0 aliphatic carbocycles. The van der Waals surface area contributed by atoms with Gasteiger partial charge in [0.15, 0.2) is 0 Å². The second-order valence-corrected chi connectivity index (χ2v) is 5.89. The zero-order valence-corrected chi connectivity index (χ0v) is 13.6. The number of nitrogens with two attached hydrogens (primary N) is 1. The van der Waals surface area contributed by atoms with Crippen molar-refractivity contribution >= 4 is 28.4 Å². The van der Waals surface area contributed by atoms with E-state index in [1.54, 1.807) is 35.1 Å². The first kappa shape index (κ1) is 16.0. The summed E-state index contributed by atoms with van der Waals surface area (Å²) in [4.78, 5) is 0. The van der Waals surface area contributed by atoms with Crippen molar-refractivity contribution in [1.29, 1.82) is 0 Å². The van der Waals surface area contributed by atoms with Crippen molar-refractivity contribution in [2.45, 2.75) is 32.4 Å². The third-order valence-corrected chi connectivity index (χ3v) is 4.03. The van der Waals surface area contributed by atoms with Gasteiger partial charge in [-0.25, -0.2) is 4.68 Å². The highest BCUT2D eigenvalue weighted by Crippen LogP contribution is 2.22. The molecule has 0 bridgehead atoms. The van der Waals surface area contributed by atoms with E-state index < -0.39 is 6.61 Å². The zero-order valence-electron chi connectivity index (χ0n) is 11.5. The van der Waals surface area contributed by atoms with Crippen LogP contribution in [0.3, 0.4) is 0 Å². The van der Waals surface area contributed by atoms with Gasteiger partial charge in [0.05, 0.1) is 15.8 Å². The normalized spacial score (nSPS) is 12.6. The third kappa shape index (κ3) is 4.29. The Labute approximate surface area is 135 Å². The summed E-state index contributed by atoms with van der Waals surface area (Å²) < 4.78 is 31.2. The van der Waals surface area contributed by atoms with Crippen LogP contribution in [0.15, 0.2) is 30.5 Å². The second-order valence-electron chi connectivity index (χ2n) is 4.73. The lowest BCUT2D eigenvalue weighted by Gasteiger charge is -2.14. The van der Waals surface area contributed by atoms with Crippen LogP contribution >= 0.6 is 22.6 Å². The quantitative estimate of drug-likeness (QED) is 0.740. The fraction of sp³-hybridized carbons (Fsp3) is 0.357. The molecule has 7 heteroatoms. The summed E-state index contributed by atoms with van der Waals surface area (Å²) in [5, 5.41) is 4.26. The molecule has 2 rings (SSSR count). The van der Waals surface area contributed by atoms with Crippen molar-refractivity contribution < 1.29 is 13.5 Å². The molecular weight excluding hydrogens is 391 g/mol. The first-order chi connectivity index (χ1) is 9.97. The van der Waals surface area contributed by atoms with Crippen molar-refractivity contribution in [2.75, 3.05) is 5.73 Å². The first-order valence-electron chi connectivity index (χ1n) is 6.49. The highest BCUT2D eigenvalue weighted by atomic mass is 127. The van der Waals surface area contributed by atoms with Crippen LogP contribution < -0.4 is 10.5 Å². The first-order valence-corrected chi connectivity index (χ1v) is 7.57. The zero-order chi connectivity index (χ0) is 15.4. The van der Waals surface area contributed by atoms with Gasteiger partial charge in [-0.3, -0.25) is 0 Å². The average molecular weight is 407 g/mol. The minimum atomic E-state index is -2.79. The van der Waals surface area contributed by atoms with E-state index in [2.05, 4.69) is 32.4 Å². The third-order valence-electron chi connectivity index (χ3n) is 3.20. The Kier molecular flexibility index (Phi) is 5.38. The van der Waals surface area contributed by atoms with E-state index in [0.29, 0.717) is 5.82 Å². The number of aryl methyl sites for hydroxylation is 1. The Hall–Kier alpha value is -1.38. The van der Waals surface area contributed by atoms with Crippen LogP contribution in [-0.4, -0.2) is 16.4 Å². The molecule has 4 nitrogen and oxygen atoms in total. The molecule has 0 saturated carbocycles. The summed E-state index contributed by atoms with van der Waals surface area (Å²) in [6, 6.07) is 6.86. The summed E-state index contributed by atoms with van der Waals surface area (Å²) >= 11 is 2.15. The van der Waals surface area contributed by atoms with Crippen LogP contribution in [0.1, 0.15) is 24.9 Å². The van der Waals surface area contributed by atoms with E-state index in [9.17, 15) is 8.78 Å². The summed E-state index contributed by atoms with van der Waals surface area (Å²) in [5.74, 6) is 0.844. The number of anilines is 1. The van der Waals surface area contributed by atoms with Crippen molar-refractivity contribution in [1.82, 2.24) is 9.78 Å². The Morgan fingerprint density at radius 3 is 2.52 bits per heavy atom. The number of aromatic nitrogens is 2. The van der Waals surface area contributed by atoms with Crippen LogP contribution in [0, 0.1) is 3.57 Å². The molecule has 0 spiro atoms. The maximum atomic E-state index is 12.1. The van der Waals surface area contributed by atoms with Gasteiger partial charge in [-0.05, 0) is 60.1 Å². The van der Waals surface area contributed by atoms with Crippen LogP contribution in [0.5, 0.6) is 5.75 Å². The summed E-state index contributed by atoms with van der Waals surface area (Å²) in [7, 11) is 0. The van der Waals surface area contributed by atoms with Crippen molar-refractivity contribution in [3.63, 3.8) is 0 Å². The maximum absolute atomic E-state index is 12.1. The second kappa shape index (κ2) is 7.06. The predicted molar refractivity (Wildman–Crippen MR) is 85.5 cm³/mol. The minimum Gasteiger partial charge on any atom is -0.435 e. The molecule has 0 aliphatic rings. The van der Waals surface area contributed by atoms with Gasteiger partial charge in [-0.15, -0.1) is 0 Å². The van der Waals surface area contributed by atoms with E-state index in [1.165, 1.54) is 0 Å². The molecular formula is C14H16F2IN3O. The SMILES string of the molecule is CC(CCc1ccc(OC(F)F)cc1)n1ncc(I)c1N. The number of ether oxygens (including phenoxy) is 1. The molecule has 2 N–H and O–H groups in total. The smallest absolute Gasteiger partial charge is 0.387 e. The molecule has 1 aromatic heterocycles. The van der Waals surface area contributed by atoms with E-state index in [4.69, 9.17) is 5.73 Å². The molecule has 1 atom stereocenters. The Balaban J connectivity index is 1.92. The number of hydrogen-bond acceptors (Lipinski definition) is 3. The number of hydrogen-bond donors (Lipinski definition) is 1. The van der Waals surface area contributed by atoms with Crippen molar-refractivity contribution in [3.05, 3.63) is 39.6 Å².